The third-order valence-electron chi connectivity index (χ3n) is 3.54. The summed E-state index contributed by atoms with van der Waals surface area (Å²) < 4.78 is 11.5. The molecule has 0 fully saturated rings. The van der Waals surface area contributed by atoms with Crippen molar-refractivity contribution >= 4 is 49.7 Å². The zero-order chi connectivity index (χ0) is 21.6. The largest absolute Gasteiger partial charge is 0.503 e. The summed E-state index contributed by atoms with van der Waals surface area (Å²) in [6, 6.07) is 6.00. The monoisotopic (exact) mass is 529 g/mol. The van der Waals surface area contributed by atoms with Gasteiger partial charge in [-0.25, -0.2) is 5.43 Å². The van der Waals surface area contributed by atoms with E-state index in [4.69, 9.17) is 9.47 Å². The van der Waals surface area contributed by atoms with Crippen molar-refractivity contribution in [1.82, 2.24) is 5.43 Å². The number of halogens is 2. The van der Waals surface area contributed by atoms with Crippen molar-refractivity contribution in [3.8, 4) is 17.2 Å². The van der Waals surface area contributed by atoms with Gasteiger partial charge in [-0.2, -0.15) is 5.10 Å². The van der Waals surface area contributed by atoms with E-state index in [-0.39, 0.29) is 22.9 Å². The third-order valence-corrected chi connectivity index (χ3v) is 5.70. The maximum atomic E-state index is 11.9. The minimum atomic E-state index is -0.602. The van der Waals surface area contributed by atoms with E-state index in [0.29, 0.717) is 26.7 Å². The smallest absolute Gasteiger partial charge is 0.311 e. The molecule has 2 N–H and O–H groups in total. The van der Waals surface area contributed by atoms with Gasteiger partial charge in [-0.15, -0.1) is 0 Å². The number of nitrogens with one attached hydrogen (secondary N) is 1. The van der Waals surface area contributed by atoms with Crippen LogP contribution < -0.4 is 14.9 Å². The number of phenolic OH excluding ortho intramolecular Hbond substituents is 1. The van der Waals surface area contributed by atoms with Crippen LogP contribution in [0.4, 0.5) is 5.69 Å². The molecule has 154 valence electrons. The van der Waals surface area contributed by atoms with Gasteiger partial charge in [0.05, 0.1) is 22.2 Å². The molecule has 0 bridgehead atoms. The molecule has 2 aromatic rings. The maximum absolute atomic E-state index is 11.9. The van der Waals surface area contributed by atoms with Crippen molar-refractivity contribution in [3.63, 3.8) is 0 Å². The fourth-order valence-electron chi connectivity index (χ4n) is 2.21. The van der Waals surface area contributed by atoms with E-state index in [1.165, 1.54) is 18.3 Å². The lowest BCUT2D eigenvalue weighted by Gasteiger charge is -2.11. The molecule has 0 aliphatic rings. The van der Waals surface area contributed by atoms with Gasteiger partial charge in [-0.1, -0.05) is 6.07 Å². The van der Waals surface area contributed by atoms with Crippen LogP contribution in [0.25, 0.3) is 0 Å². The minimum absolute atomic E-state index is 0.00806. The molecular formula is C18H17Br2N3O6. The fraction of sp³-hybridized carbons (Fsp3) is 0.222. The summed E-state index contributed by atoms with van der Waals surface area (Å²) in [4.78, 5) is 22.4. The lowest BCUT2D eigenvalue weighted by atomic mass is 10.2. The van der Waals surface area contributed by atoms with E-state index in [9.17, 15) is 20.0 Å². The van der Waals surface area contributed by atoms with Crippen molar-refractivity contribution < 1.29 is 24.3 Å². The number of hydrogen-bond donors (Lipinski definition) is 2. The summed E-state index contributed by atoms with van der Waals surface area (Å²) in [5, 5.41) is 24.9. The van der Waals surface area contributed by atoms with Crippen molar-refractivity contribution in [2.24, 2.45) is 5.10 Å². The summed E-state index contributed by atoms with van der Waals surface area (Å²) in [5.74, 6) is -0.417. The van der Waals surface area contributed by atoms with E-state index in [1.807, 2.05) is 0 Å². The number of nitro groups is 1. The normalized spacial score (nSPS) is 10.8. The van der Waals surface area contributed by atoms with Crippen LogP contribution in [0, 0.1) is 17.0 Å². The molecule has 29 heavy (non-hydrogen) atoms. The average Bonchev–Trinajstić information content (AvgIpc) is 2.68. The Bertz CT molecular complexity index is 965. The van der Waals surface area contributed by atoms with Crippen LogP contribution in [-0.2, 0) is 4.79 Å². The number of phenols is 1. The van der Waals surface area contributed by atoms with Crippen LogP contribution in [0.2, 0.25) is 0 Å². The highest BCUT2D eigenvalue weighted by Gasteiger charge is 2.17. The van der Waals surface area contributed by atoms with Gasteiger partial charge in [-0.05, 0) is 63.4 Å². The van der Waals surface area contributed by atoms with Gasteiger partial charge in [0.25, 0.3) is 5.91 Å². The highest BCUT2D eigenvalue weighted by molar-refractivity contribution is 9.13. The second-order valence-corrected chi connectivity index (χ2v) is 7.27. The van der Waals surface area contributed by atoms with Gasteiger partial charge in [0, 0.05) is 16.1 Å². The molecule has 0 aromatic heterocycles. The molecule has 0 heterocycles. The quantitative estimate of drug-likeness (QED) is 0.301. The second-order valence-electron chi connectivity index (χ2n) is 5.68. The molecule has 0 saturated carbocycles. The SMILES string of the molecule is CCOc1cc(/C=N\NC(=O)COc2ccc(C)cc2[N+](=O)[O-])c(Br)c(Br)c1O. The summed E-state index contributed by atoms with van der Waals surface area (Å²) in [6.07, 6.45) is 1.35. The van der Waals surface area contributed by atoms with Gasteiger partial charge in [0.2, 0.25) is 0 Å². The number of nitro benzene ring substituents is 1. The van der Waals surface area contributed by atoms with Crippen molar-refractivity contribution in [1.29, 1.82) is 0 Å². The number of rotatable bonds is 8. The number of nitrogens with zero attached hydrogens (tertiary/aromatic N) is 2. The molecule has 2 rings (SSSR count). The Morgan fingerprint density at radius 2 is 2.00 bits per heavy atom. The molecule has 0 atom stereocenters. The number of hydrogen-bond acceptors (Lipinski definition) is 7. The average molecular weight is 531 g/mol. The molecule has 0 aliphatic heterocycles. The Kier molecular flexibility index (Phi) is 7.97. The molecule has 2 aromatic carbocycles. The van der Waals surface area contributed by atoms with Gasteiger partial charge in [0.1, 0.15) is 0 Å². The zero-order valence-electron chi connectivity index (χ0n) is 15.4. The fourth-order valence-corrected chi connectivity index (χ4v) is 3.04. The Morgan fingerprint density at radius 1 is 1.28 bits per heavy atom. The van der Waals surface area contributed by atoms with E-state index >= 15 is 0 Å². The predicted molar refractivity (Wildman–Crippen MR) is 114 cm³/mol. The Hall–Kier alpha value is -2.66. The van der Waals surface area contributed by atoms with Gasteiger partial charge < -0.3 is 14.6 Å². The van der Waals surface area contributed by atoms with Gasteiger partial charge >= 0.3 is 5.69 Å². The first kappa shape index (κ1) is 22.6. The zero-order valence-corrected chi connectivity index (χ0v) is 18.6. The summed E-state index contributed by atoms with van der Waals surface area (Å²) in [5.41, 5.74) is 3.29. The number of carbonyl (C=O) groups is 1. The van der Waals surface area contributed by atoms with Gasteiger partial charge in [-0.3, -0.25) is 14.9 Å². The van der Waals surface area contributed by atoms with Crippen molar-refractivity contribution in [3.05, 3.63) is 54.5 Å². The van der Waals surface area contributed by atoms with E-state index in [2.05, 4.69) is 42.4 Å². The highest BCUT2D eigenvalue weighted by Crippen LogP contribution is 2.41. The van der Waals surface area contributed by atoms with Crippen LogP contribution in [0.15, 0.2) is 38.3 Å². The topological polar surface area (TPSA) is 123 Å². The van der Waals surface area contributed by atoms with Crippen LogP contribution in [-0.4, -0.2) is 35.4 Å². The van der Waals surface area contributed by atoms with Crippen molar-refractivity contribution in [2.75, 3.05) is 13.2 Å². The van der Waals surface area contributed by atoms with Crippen LogP contribution >= 0.6 is 31.9 Å². The maximum Gasteiger partial charge on any atom is 0.311 e. The Labute approximate surface area is 183 Å². The first-order valence-corrected chi connectivity index (χ1v) is 9.86. The third kappa shape index (κ3) is 5.91. The number of hydrazone groups is 1. The minimum Gasteiger partial charge on any atom is -0.503 e. The molecule has 0 saturated heterocycles. The first-order valence-electron chi connectivity index (χ1n) is 8.28. The van der Waals surface area contributed by atoms with Crippen LogP contribution in [0.5, 0.6) is 17.2 Å². The molecule has 11 heteroatoms. The standard InChI is InChI=1S/C18H17Br2N3O6/c1-3-28-14-7-11(16(19)17(20)18(14)25)8-21-22-15(24)9-29-13-5-4-10(2)6-12(13)23(26)27/h4-8,25H,3,9H2,1-2H3,(H,22,24)/b21-8-. The number of amides is 1. The molecular weight excluding hydrogens is 514 g/mol. The number of benzene rings is 2. The number of aryl methyl sites for hydroxylation is 1. The van der Waals surface area contributed by atoms with E-state index in [1.54, 1.807) is 26.0 Å². The lowest BCUT2D eigenvalue weighted by Crippen LogP contribution is -2.24. The predicted octanol–water partition coefficient (Wildman–Crippen LogP) is 4.06. The first-order chi connectivity index (χ1) is 13.7. The van der Waals surface area contributed by atoms with Crippen molar-refractivity contribution in [2.45, 2.75) is 13.8 Å². The van der Waals surface area contributed by atoms with E-state index < -0.39 is 17.4 Å². The molecule has 9 nitrogen and oxygen atoms in total. The molecule has 0 radical (unpaired) electrons. The van der Waals surface area contributed by atoms with Crippen LogP contribution in [0.1, 0.15) is 18.1 Å². The molecule has 0 unspecified atom stereocenters. The summed E-state index contributed by atoms with van der Waals surface area (Å²) in [7, 11) is 0. The molecule has 0 aliphatic carbocycles. The summed E-state index contributed by atoms with van der Waals surface area (Å²) >= 11 is 6.56. The summed E-state index contributed by atoms with van der Waals surface area (Å²) in [6.45, 7) is 3.40. The molecule has 0 spiro atoms. The second kappa shape index (κ2) is 10.2. The molecule has 1 amide bonds. The van der Waals surface area contributed by atoms with E-state index in [0.717, 1.165) is 0 Å². The number of carbonyl (C=O) groups excluding carboxylic acids is 1. The highest BCUT2D eigenvalue weighted by atomic mass is 79.9. The number of ether oxygens (including phenoxy) is 2. The lowest BCUT2D eigenvalue weighted by molar-refractivity contribution is -0.385. The van der Waals surface area contributed by atoms with Gasteiger partial charge in [0.15, 0.2) is 23.9 Å². The Balaban J connectivity index is 2.03. The Morgan fingerprint density at radius 3 is 2.66 bits per heavy atom. The number of aromatic hydroxyl groups is 1. The van der Waals surface area contributed by atoms with Crippen LogP contribution in [0.3, 0.4) is 0 Å².